The Morgan fingerprint density at radius 2 is 2.20 bits per heavy atom. The Bertz CT molecular complexity index is 109. The van der Waals surface area contributed by atoms with E-state index in [0.717, 1.165) is 0 Å². The molecule has 4 N–H and O–H groups in total. The monoisotopic (exact) mass is 147 g/mol. The highest BCUT2D eigenvalue weighted by Crippen LogP contribution is 2.13. The maximum Gasteiger partial charge on any atom is 0.107 e. The van der Waals surface area contributed by atoms with E-state index >= 15 is 0 Å². The highest BCUT2D eigenvalue weighted by molar-refractivity contribution is 4.80. The second-order valence-electron chi connectivity index (χ2n) is 2.49. The van der Waals surface area contributed by atoms with Crippen molar-refractivity contribution in [3.05, 3.63) is 0 Å². The number of aliphatic hydroxyl groups excluding tert-OH is 2. The molecule has 1 heterocycles. The number of hydrogen-bond donors (Lipinski definition) is 3. The van der Waals surface area contributed by atoms with Crippen molar-refractivity contribution in [2.75, 3.05) is 13.2 Å². The van der Waals surface area contributed by atoms with Gasteiger partial charge < -0.3 is 20.7 Å². The van der Waals surface area contributed by atoms with Crippen molar-refractivity contribution in [3.63, 3.8) is 0 Å². The van der Waals surface area contributed by atoms with Gasteiger partial charge in [0.2, 0.25) is 0 Å². The summed E-state index contributed by atoms with van der Waals surface area (Å²) in [6, 6.07) is 0. The van der Waals surface area contributed by atoms with Crippen LogP contribution in [0.4, 0.5) is 0 Å². The van der Waals surface area contributed by atoms with E-state index in [4.69, 9.17) is 15.6 Å². The van der Waals surface area contributed by atoms with Crippen molar-refractivity contribution in [1.82, 2.24) is 0 Å². The lowest BCUT2D eigenvalue weighted by Gasteiger charge is -2.30. The SMILES string of the molecule is NCC1OCCC(O)C1O. The van der Waals surface area contributed by atoms with E-state index < -0.39 is 12.2 Å². The van der Waals surface area contributed by atoms with E-state index in [0.29, 0.717) is 13.0 Å². The first-order chi connectivity index (χ1) is 4.75. The minimum atomic E-state index is -0.807. The third kappa shape index (κ3) is 1.46. The van der Waals surface area contributed by atoms with Crippen LogP contribution in [0.15, 0.2) is 0 Å². The lowest BCUT2D eigenvalue weighted by Crippen LogP contribution is -2.47. The molecule has 3 unspecified atom stereocenters. The molecule has 0 aromatic rings. The Hall–Kier alpha value is -0.160. The number of ether oxygens (including phenoxy) is 1. The third-order valence-electron chi connectivity index (χ3n) is 1.75. The van der Waals surface area contributed by atoms with Gasteiger partial charge in [0, 0.05) is 13.2 Å². The minimum absolute atomic E-state index is 0.262. The van der Waals surface area contributed by atoms with E-state index in [2.05, 4.69) is 0 Å². The summed E-state index contributed by atoms with van der Waals surface area (Å²) in [5.74, 6) is 0. The van der Waals surface area contributed by atoms with Gasteiger partial charge in [-0.15, -0.1) is 0 Å². The molecule has 0 radical (unpaired) electrons. The van der Waals surface area contributed by atoms with Gasteiger partial charge in [-0.3, -0.25) is 0 Å². The third-order valence-corrected chi connectivity index (χ3v) is 1.75. The molecule has 0 saturated carbocycles. The molecule has 10 heavy (non-hydrogen) atoms. The number of nitrogens with two attached hydrogens (primary N) is 1. The van der Waals surface area contributed by atoms with Gasteiger partial charge >= 0.3 is 0 Å². The minimum Gasteiger partial charge on any atom is -0.390 e. The molecule has 1 saturated heterocycles. The Balaban J connectivity index is 2.42. The summed E-state index contributed by atoms with van der Waals surface area (Å²) < 4.78 is 5.07. The predicted octanol–water partition coefficient (Wildman–Crippen LogP) is -1.54. The molecule has 1 aliphatic heterocycles. The molecule has 1 fully saturated rings. The van der Waals surface area contributed by atoms with Crippen LogP contribution >= 0.6 is 0 Å². The van der Waals surface area contributed by atoms with Crippen LogP contribution in [-0.2, 0) is 4.74 Å². The molecule has 0 aromatic carbocycles. The molecule has 4 heteroatoms. The van der Waals surface area contributed by atoms with Crippen molar-refractivity contribution in [2.45, 2.75) is 24.7 Å². The van der Waals surface area contributed by atoms with Crippen LogP contribution < -0.4 is 5.73 Å². The fourth-order valence-electron chi connectivity index (χ4n) is 1.06. The van der Waals surface area contributed by atoms with E-state index in [-0.39, 0.29) is 12.6 Å². The molecule has 3 atom stereocenters. The standard InChI is InChI=1S/C6H13NO3/c7-3-5-6(9)4(8)1-2-10-5/h4-6,8-9H,1-3,7H2. The van der Waals surface area contributed by atoms with Gasteiger partial charge in [0.15, 0.2) is 0 Å². The van der Waals surface area contributed by atoms with Crippen LogP contribution in [0.1, 0.15) is 6.42 Å². The van der Waals surface area contributed by atoms with Gasteiger partial charge in [0.1, 0.15) is 6.10 Å². The summed E-state index contributed by atoms with van der Waals surface area (Å²) in [5, 5.41) is 18.3. The van der Waals surface area contributed by atoms with Gasteiger partial charge in [-0.2, -0.15) is 0 Å². The van der Waals surface area contributed by atoms with Crippen molar-refractivity contribution >= 4 is 0 Å². The molecule has 0 amide bonds. The Morgan fingerprint density at radius 1 is 1.50 bits per heavy atom. The zero-order chi connectivity index (χ0) is 7.56. The van der Waals surface area contributed by atoms with Gasteiger partial charge in [-0.1, -0.05) is 0 Å². The van der Waals surface area contributed by atoms with Crippen molar-refractivity contribution in [3.8, 4) is 0 Å². The molecule has 4 nitrogen and oxygen atoms in total. The van der Waals surface area contributed by atoms with Crippen LogP contribution in [0, 0.1) is 0 Å². The van der Waals surface area contributed by atoms with Crippen molar-refractivity contribution in [2.24, 2.45) is 5.73 Å². The zero-order valence-electron chi connectivity index (χ0n) is 5.73. The van der Waals surface area contributed by atoms with Gasteiger partial charge in [0.05, 0.1) is 12.2 Å². The molecule has 1 aliphatic rings. The molecule has 0 aromatic heterocycles. The van der Waals surface area contributed by atoms with Crippen LogP contribution in [0.2, 0.25) is 0 Å². The van der Waals surface area contributed by atoms with Crippen LogP contribution in [-0.4, -0.2) is 41.7 Å². The number of aliphatic hydroxyl groups is 2. The lowest BCUT2D eigenvalue weighted by molar-refractivity contribution is -0.130. The summed E-state index contributed by atoms with van der Waals surface area (Å²) >= 11 is 0. The van der Waals surface area contributed by atoms with Crippen LogP contribution in [0.25, 0.3) is 0 Å². The Labute approximate surface area is 59.6 Å². The summed E-state index contributed by atoms with van der Waals surface area (Å²) in [7, 11) is 0. The molecule has 1 rings (SSSR count). The first kappa shape index (κ1) is 7.94. The van der Waals surface area contributed by atoms with E-state index in [1.807, 2.05) is 0 Å². The maximum absolute atomic E-state index is 9.18. The number of hydrogen-bond acceptors (Lipinski definition) is 4. The largest absolute Gasteiger partial charge is 0.390 e. The quantitative estimate of drug-likeness (QED) is 0.420. The van der Waals surface area contributed by atoms with E-state index in [1.54, 1.807) is 0 Å². The molecule has 0 spiro atoms. The normalized spacial score (nSPS) is 41.7. The maximum atomic E-state index is 9.18. The van der Waals surface area contributed by atoms with Gasteiger partial charge in [0.25, 0.3) is 0 Å². The molecule has 0 aliphatic carbocycles. The first-order valence-corrected chi connectivity index (χ1v) is 3.43. The summed E-state index contributed by atoms with van der Waals surface area (Å²) in [6.45, 7) is 0.748. The van der Waals surface area contributed by atoms with Crippen LogP contribution in [0.5, 0.6) is 0 Å². The van der Waals surface area contributed by atoms with E-state index in [1.165, 1.54) is 0 Å². The highest BCUT2D eigenvalue weighted by atomic mass is 16.5. The second kappa shape index (κ2) is 3.30. The van der Waals surface area contributed by atoms with Crippen molar-refractivity contribution < 1.29 is 14.9 Å². The summed E-state index contributed by atoms with van der Waals surface area (Å²) in [5.41, 5.74) is 5.26. The summed E-state index contributed by atoms with van der Waals surface area (Å²) in [4.78, 5) is 0. The molecular formula is C6H13NO3. The fourth-order valence-corrected chi connectivity index (χ4v) is 1.06. The first-order valence-electron chi connectivity index (χ1n) is 3.43. The number of rotatable bonds is 1. The molecular weight excluding hydrogens is 134 g/mol. The molecule has 0 bridgehead atoms. The Morgan fingerprint density at radius 3 is 2.70 bits per heavy atom. The van der Waals surface area contributed by atoms with Gasteiger partial charge in [-0.05, 0) is 6.42 Å². The highest BCUT2D eigenvalue weighted by Gasteiger charge is 2.29. The smallest absolute Gasteiger partial charge is 0.107 e. The second-order valence-corrected chi connectivity index (χ2v) is 2.49. The zero-order valence-corrected chi connectivity index (χ0v) is 5.73. The average molecular weight is 147 g/mol. The topological polar surface area (TPSA) is 75.7 Å². The van der Waals surface area contributed by atoms with Crippen LogP contribution in [0.3, 0.4) is 0 Å². The lowest BCUT2D eigenvalue weighted by atomic mass is 10.0. The molecule has 60 valence electrons. The van der Waals surface area contributed by atoms with Gasteiger partial charge in [-0.25, -0.2) is 0 Å². The Kier molecular flexibility index (Phi) is 2.62. The predicted molar refractivity (Wildman–Crippen MR) is 35.4 cm³/mol. The average Bonchev–Trinajstić information content (AvgIpc) is 1.95. The van der Waals surface area contributed by atoms with Crippen molar-refractivity contribution in [1.29, 1.82) is 0 Å². The fraction of sp³-hybridized carbons (Fsp3) is 1.00. The van der Waals surface area contributed by atoms with E-state index in [9.17, 15) is 5.11 Å². The summed E-state index contributed by atoms with van der Waals surface area (Å²) in [6.07, 6.45) is -1.36.